The zero-order chi connectivity index (χ0) is 12.3. The Bertz CT molecular complexity index is 402. The number of hydrogen-bond acceptors (Lipinski definition) is 4. The van der Waals surface area contributed by atoms with E-state index in [1.54, 1.807) is 13.3 Å². The molecule has 5 heteroatoms. The number of ether oxygens (including phenoxy) is 1. The molecule has 1 aliphatic heterocycles. The van der Waals surface area contributed by atoms with Crippen LogP contribution in [0.2, 0.25) is 0 Å². The lowest BCUT2D eigenvalue weighted by Crippen LogP contribution is -2.46. The largest absolute Gasteiger partial charge is 0.481 e. The van der Waals surface area contributed by atoms with Gasteiger partial charge in [-0.2, -0.15) is 0 Å². The summed E-state index contributed by atoms with van der Waals surface area (Å²) >= 11 is 0. The highest BCUT2D eigenvalue weighted by Gasteiger charge is 2.28. The second-order valence-corrected chi connectivity index (χ2v) is 4.33. The number of methoxy groups -OCH3 is 1. The van der Waals surface area contributed by atoms with Gasteiger partial charge in [-0.15, -0.1) is 0 Å². The lowest BCUT2D eigenvalue weighted by molar-refractivity contribution is -0.139. The van der Waals surface area contributed by atoms with Crippen molar-refractivity contribution in [3.05, 3.63) is 23.9 Å². The van der Waals surface area contributed by atoms with Crippen LogP contribution in [0.3, 0.4) is 0 Å². The lowest BCUT2D eigenvalue weighted by Gasteiger charge is -2.38. The van der Waals surface area contributed by atoms with Crippen molar-refractivity contribution in [3.8, 4) is 5.88 Å². The highest BCUT2D eigenvalue weighted by atomic mass is 16.5. The number of aliphatic carboxylic acids is 1. The Balaban J connectivity index is 1.85. The number of carboxylic acid groups (broad SMARTS) is 1. The molecule has 0 unspecified atom stereocenters. The van der Waals surface area contributed by atoms with E-state index in [9.17, 15) is 4.79 Å². The van der Waals surface area contributed by atoms with Crippen LogP contribution in [0, 0.1) is 5.92 Å². The van der Waals surface area contributed by atoms with Gasteiger partial charge < -0.3 is 9.84 Å². The predicted octanol–water partition coefficient (Wildman–Crippen LogP) is 0.997. The zero-order valence-corrected chi connectivity index (χ0v) is 9.80. The van der Waals surface area contributed by atoms with E-state index in [4.69, 9.17) is 9.84 Å². The molecule has 5 nitrogen and oxygen atoms in total. The second kappa shape index (κ2) is 5.14. The van der Waals surface area contributed by atoms with Crippen molar-refractivity contribution in [2.24, 2.45) is 5.92 Å². The highest BCUT2D eigenvalue weighted by Crippen LogP contribution is 2.24. The van der Waals surface area contributed by atoms with Crippen molar-refractivity contribution >= 4 is 5.97 Å². The molecule has 0 bridgehead atoms. The van der Waals surface area contributed by atoms with Crippen molar-refractivity contribution in [2.75, 3.05) is 20.2 Å². The summed E-state index contributed by atoms with van der Waals surface area (Å²) in [6, 6.07) is 3.86. The first-order valence-corrected chi connectivity index (χ1v) is 5.61. The summed E-state index contributed by atoms with van der Waals surface area (Å²) in [5.74, 6) is 0.220. The summed E-state index contributed by atoms with van der Waals surface area (Å²) in [6.45, 7) is 2.45. The fraction of sp³-hybridized carbons (Fsp3) is 0.500. The number of hydrogen-bond donors (Lipinski definition) is 1. The molecule has 2 rings (SSSR count). The third-order valence-electron chi connectivity index (χ3n) is 2.93. The molecule has 1 N–H and O–H groups in total. The van der Waals surface area contributed by atoms with Gasteiger partial charge >= 0.3 is 5.97 Å². The van der Waals surface area contributed by atoms with E-state index in [2.05, 4.69) is 9.88 Å². The van der Waals surface area contributed by atoms with Gasteiger partial charge in [0.15, 0.2) is 0 Å². The first-order valence-electron chi connectivity index (χ1n) is 5.61. The van der Waals surface area contributed by atoms with E-state index in [1.807, 2.05) is 12.1 Å². The van der Waals surface area contributed by atoms with E-state index in [0.717, 1.165) is 25.2 Å². The standard InChI is InChI=1S/C12H16N2O3/c1-17-12-10(3-2-4-13-12)8-14-6-9(7-14)5-11(15)16/h2-4,9H,5-8H2,1H3,(H,15,16). The summed E-state index contributed by atoms with van der Waals surface area (Å²) in [5.41, 5.74) is 1.05. The minimum absolute atomic E-state index is 0.265. The molecular formula is C12H16N2O3. The van der Waals surface area contributed by atoms with Gasteiger partial charge in [-0.25, -0.2) is 4.98 Å². The van der Waals surface area contributed by atoms with Crippen LogP contribution >= 0.6 is 0 Å². The van der Waals surface area contributed by atoms with E-state index >= 15 is 0 Å². The third-order valence-corrected chi connectivity index (χ3v) is 2.93. The molecule has 0 atom stereocenters. The molecule has 1 aromatic heterocycles. The second-order valence-electron chi connectivity index (χ2n) is 4.33. The minimum atomic E-state index is -0.714. The molecule has 0 aliphatic carbocycles. The van der Waals surface area contributed by atoms with Crippen LogP contribution in [-0.2, 0) is 11.3 Å². The van der Waals surface area contributed by atoms with Gasteiger partial charge in [-0.3, -0.25) is 9.69 Å². The fourth-order valence-corrected chi connectivity index (χ4v) is 2.15. The molecule has 1 aromatic rings. The van der Waals surface area contributed by atoms with E-state index < -0.39 is 5.97 Å². The van der Waals surface area contributed by atoms with Crippen LogP contribution in [0.15, 0.2) is 18.3 Å². The lowest BCUT2D eigenvalue weighted by atomic mass is 9.96. The monoisotopic (exact) mass is 236 g/mol. The number of nitrogens with zero attached hydrogens (tertiary/aromatic N) is 2. The average Bonchev–Trinajstić information content (AvgIpc) is 2.26. The quantitative estimate of drug-likeness (QED) is 0.826. The number of carboxylic acids is 1. The highest BCUT2D eigenvalue weighted by molar-refractivity contribution is 5.67. The molecule has 0 aromatic carbocycles. The van der Waals surface area contributed by atoms with E-state index in [1.165, 1.54) is 0 Å². The van der Waals surface area contributed by atoms with Crippen molar-refractivity contribution < 1.29 is 14.6 Å². The number of carbonyl (C=O) groups is 1. The number of rotatable bonds is 5. The predicted molar refractivity (Wildman–Crippen MR) is 61.8 cm³/mol. The number of aromatic nitrogens is 1. The first-order chi connectivity index (χ1) is 8.19. The Morgan fingerprint density at radius 2 is 2.41 bits per heavy atom. The molecule has 0 saturated carbocycles. The van der Waals surface area contributed by atoms with Crippen LogP contribution in [0.25, 0.3) is 0 Å². The maximum absolute atomic E-state index is 10.5. The van der Waals surface area contributed by atoms with Gasteiger partial charge in [0.25, 0.3) is 0 Å². The van der Waals surface area contributed by atoms with Crippen LogP contribution in [0.4, 0.5) is 0 Å². The number of likely N-dealkylation sites (tertiary alicyclic amines) is 1. The third kappa shape index (κ3) is 2.94. The van der Waals surface area contributed by atoms with Gasteiger partial charge in [-0.1, -0.05) is 6.07 Å². The summed E-state index contributed by atoms with van der Waals surface area (Å²) < 4.78 is 5.17. The SMILES string of the molecule is COc1ncccc1CN1CC(CC(=O)O)C1. The Morgan fingerprint density at radius 3 is 3.06 bits per heavy atom. The van der Waals surface area contributed by atoms with E-state index in [0.29, 0.717) is 5.88 Å². The maximum atomic E-state index is 10.5. The molecule has 1 saturated heterocycles. The van der Waals surface area contributed by atoms with E-state index in [-0.39, 0.29) is 12.3 Å². The van der Waals surface area contributed by atoms with Crippen molar-refractivity contribution in [1.29, 1.82) is 0 Å². The van der Waals surface area contributed by atoms with Crippen LogP contribution in [0.5, 0.6) is 5.88 Å². The minimum Gasteiger partial charge on any atom is -0.481 e. The fourth-order valence-electron chi connectivity index (χ4n) is 2.15. The topological polar surface area (TPSA) is 62.7 Å². The Kier molecular flexibility index (Phi) is 3.58. The molecular weight excluding hydrogens is 220 g/mol. The molecule has 0 amide bonds. The van der Waals surface area contributed by atoms with Crippen molar-refractivity contribution in [1.82, 2.24) is 9.88 Å². The first kappa shape index (κ1) is 11.9. The van der Waals surface area contributed by atoms with Crippen LogP contribution in [0.1, 0.15) is 12.0 Å². The molecule has 1 aliphatic rings. The van der Waals surface area contributed by atoms with Gasteiger partial charge in [0.05, 0.1) is 13.5 Å². The summed E-state index contributed by atoms with van der Waals surface area (Å²) in [6.07, 6.45) is 1.96. The zero-order valence-electron chi connectivity index (χ0n) is 9.80. The molecule has 2 heterocycles. The normalized spacial score (nSPS) is 16.5. The summed E-state index contributed by atoms with van der Waals surface area (Å²) in [7, 11) is 1.61. The molecule has 1 fully saturated rings. The van der Waals surface area contributed by atoms with Gasteiger partial charge in [-0.05, 0) is 12.0 Å². The Morgan fingerprint density at radius 1 is 1.65 bits per heavy atom. The summed E-state index contributed by atoms with van der Waals surface area (Å²) in [5, 5.41) is 8.66. The van der Waals surface area contributed by atoms with Crippen LogP contribution < -0.4 is 4.74 Å². The molecule has 17 heavy (non-hydrogen) atoms. The van der Waals surface area contributed by atoms with Gasteiger partial charge in [0.2, 0.25) is 5.88 Å². The van der Waals surface area contributed by atoms with Gasteiger partial charge in [0.1, 0.15) is 0 Å². The van der Waals surface area contributed by atoms with Crippen molar-refractivity contribution in [3.63, 3.8) is 0 Å². The maximum Gasteiger partial charge on any atom is 0.303 e. The van der Waals surface area contributed by atoms with Gasteiger partial charge in [0, 0.05) is 31.4 Å². The van der Waals surface area contributed by atoms with Crippen LogP contribution in [-0.4, -0.2) is 41.2 Å². The van der Waals surface area contributed by atoms with Crippen molar-refractivity contribution in [2.45, 2.75) is 13.0 Å². The Hall–Kier alpha value is -1.62. The smallest absolute Gasteiger partial charge is 0.303 e. The molecule has 0 spiro atoms. The summed E-state index contributed by atoms with van der Waals surface area (Å²) in [4.78, 5) is 16.9. The molecule has 92 valence electrons. The Labute approximate surface area is 100 Å². The number of pyridine rings is 1. The molecule has 0 radical (unpaired) electrons. The average molecular weight is 236 g/mol.